The molecule has 2 fully saturated rings. The lowest BCUT2D eigenvalue weighted by molar-refractivity contribution is 0.157. The average molecular weight is 297 g/mol. The number of benzene rings is 1. The van der Waals surface area contributed by atoms with Crippen LogP contribution in [0.25, 0.3) is 0 Å². The number of nitrogens with zero attached hydrogens (tertiary/aromatic N) is 1. The van der Waals surface area contributed by atoms with Crippen molar-refractivity contribution in [1.29, 1.82) is 0 Å². The van der Waals surface area contributed by atoms with E-state index in [-0.39, 0.29) is 5.82 Å². The number of hydrogen-bond acceptors (Lipinski definition) is 2. The summed E-state index contributed by atoms with van der Waals surface area (Å²) in [5.74, 6) is 0.586. The van der Waals surface area contributed by atoms with E-state index < -0.39 is 0 Å². The van der Waals surface area contributed by atoms with Crippen molar-refractivity contribution in [3.63, 3.8) is 0 Å². The van der Waals surface area contributed by atoms with Crippen LogP contribution < -0.4 is 5.32 Å². The summed E-state index contributed by atoms with van der Waals surface area (Å²) in [6, 6.07) is 5.56. The maximum absolute atomic E-state index is 13.3. The van der Waals surface area contributed by atoms with E-state index in [1.165, 1.54) is 38.3 Å². The van der Waals surface area contributed by atoms with Crippen LogP contribution >= 0.6 is 11.6 Å². The summed E-state index contributed by atoms with van der Waals surface area (Å²) < 4.78 is 13.3. The number of halogens is 2. The Hall–Kier alpha value is -0.640. The molecule has 0 spiro atoms. The summed E-state index contributed by atoms with van der Waals surface area (Å²) >= 11 is 5.91. The highest BCUT2D eigenvalue weighted by Crippen LogP contribution is 2.26. The van der Waals surface area contributed by atoms with Gasteiger partial charge in [0, 0.05) is 17.6 Å². The van der Waals surface area contributed by atoms with Gasteiger partial charge in [0.1, 0.15) is 5.82 Å². The normalized spacial score (nSPS) is 25.2. The van der Waals surface area contributed by atoms with Crippen LogP contribution in [0.3, 0.4) is 0 Å². The first-order valence-electron chi connectivity index (χ1n) is 7.61. The van der Waals surface area contributed by atoms with E-state index in [4.69, 9.17) is 11.6 Å². The van der Waals surface area contributed by atoms with Crippen LogP contribution in [0.1, 0.15) is 31.2 Å². The summed E-state index contributed by atoms with van der Waals surface area (Å²) in [5.41, 5.74) is 0.979. The minimum absolute atomic E-state index is 0.238. The molecule has 2 aliphatic rings. The molecule has 2 heterocycles. The molecule has 3 rings (SSSR count). The number of likely N-dealkylation sites (tertiary alicyclic amines) is 1. The van der Waals surface area contributed by atoms with E-state index in [2.05, 4.69) is 10.2 Å². The molecule has 1 unspecified atom stereocenters. The molecular formula is C16H22ClFN2. The third-order valence-corrected chi connectivity index (χ3v) is 4.85. The molecule has 1 aromatic carbocycles. The molecule has 2 nitrogen and oxygen atoms in total. The summed E-state index contributed by atoms with van der Waals surface area (Å²) in [6.45, 7) is 4.21. The van der Waals surface area contributed by atoms with Crippen LogP contribution in [-0.4, -0.2) is 30.6 Å². The van der Waals surface area contributed by atoms with Gasteiger partial charge in [-0.3, -0.25) is 4.90 Å². The Morgan fingerprint density at radius 3 is 2.65 bits per heavy atom. The Kier molecular flexibility index (Phi) is 4.59. The fraction of sp³-hybridized carbons (Fsp3) is 0.625. The largest absolute Gasteiger partial charge is 0.314 e. The van der Waals surface area contributed by atoms with Gasteiger partial charge in [-0.25, -0.2) is 4.39 Å². The molecule has 2 saturated heterocycles. The fourth-order valence-corrected chi connectivity index (χ4v) is 3.83. The van der Waals surface area contributed by atoms with Crippen molar-refractivity contribution < 1.29 is 4.39 Å². The molecule has 4 heteroatoms. The van der Waals surface area contributed by atoms with Crippen LogP contribution in [0.5, 0.6) is 0 Å². The molecule has 0 bridgehead atoms. The molecule has 1 atom stereocenters. The third kappa shape index (κ3) is 3.51. The molecule has 0 aliphatic carbocycles. The highest BCUT2D eigenvalue weighted by molar-refractivity contribution is 6.30. The number of rotatable bonds is 3. The minimum atomic E-state index is -0.238. The van der Waals surface area contributed by atoms with Crippen LogP contribution in [0, 0.1) is 11.7 Å². The van der Waals surface area contributed by atoms with E-state index in [0.717, 1.165) is 37.2 Å². The number of piperidine rings is 1. The third-order valence-electron chi connectivity index (χ3n) is 4.63. The van der Waals surface area contributed by atoms with Crippen molar-refractivity contribution in [2.75, 3.05) is 19.6 Å². The van der Waals surface area contributed by atoms with Gasteiger partial charge < -0.3 is 5.32 Å². The average Bonchev–Trinajstić information content (AvgIpc) is 2.92. The quantitative estimate of drug-likeness (QED) is 0.919. The summed E-state index contributed by atoms with van der Waals surface area (Å²) in [4.78, 5) is 2.41. The maximum Gasteiger partial charge on any atom is 0.125 e. The van der Waals surface area contributed by atoms with E-state index in [1.807, 2.05) is 6.07 Å². The van der Waals surface area contributed by atoms with Gasteiger partial charge in [0.2, 0.25) is 0 Å². The Morgan fingerprint density at radius 2 is 2.00 bits per heavy atom. The van der Waals surface area contributed by atoms with Crippen LogP contribution in [0.4, 0.5) is 4.39 Å². The van der Waals surface area contributed by atoms with Gasteiger partial charge in [0.05, 0.1) is 0 Å². The van der Waals surface area contributed by atoms with Crippen LogP contribution in [0.2, 0.25) is 5.02 Å². The molecule has 0 amide bonds. The number of nitrogens with one attached hydrogen (secondary N) is 1. The van der Waals surface area contributed by atoms with E-state index in [0.29, 0.717) is 5.02 Å². The summed E-state index contributed by atoms with van der Waals surface area (Å²) in [7, 11) is 0. The standard InChI is InChI=1S/C16H22ClFN2/c17-14-8-12(9-15(18)10-14)11-20-6-3-13(4-7-20)16-2-1-5-19-16/h8-10,13,16,19H,1-7,11H2. The molecule has 0 radical (unpaired) electrons. The van der Waals surface area contributed by atoms with Gasteiger partial charge in [-0.1, -0.05) is 11.6 Å². The van der Waals surface area contributed by atoms with Gasteiger partial charge in [0.15, 0.2) is 0 Å². The van der Waals surface area contributed by atoms with Crippen LogP contribution in [-0.2, 0) is 6.54 Å². The maximum atomic E-state index is 13.3. The molecule has 1 N–H and O–H groups in total. The van der Waals surface area contributed by atoms with Crippen molar-refractivity contribution in [1.82, 2.24) is 10.2 Å². The Balaban J connectivity index is 1.53. The molecule has 20 heavy (non-hydrogen) atoms. The second-order valence-corrected chi connectivity index (χ2v) is 6.53. The molecule has 110 valence electrons. The highest BCUT2D eigenvalue weighted by atomic mass is 35.5. The molecular weight excluding hydrogens is 275 g/mol. The van der Waals surface area contributed by atoms with Crippen molar-refractivity contribution in [2.45, 2.75) is 38.3 Å². The second-order valence-electron chi connectivity index (χ2n) is 6.09. The van der Waals surface area contributed by atoms with Gasteiger partial charge in [-0.15, -0.1) is 0 Å². The van der Waals surface area contributed by atoms with Crippen molar-refractivity contribution in [3.8, 4) is 0 Å². The lowest BCUT2D eigenvalue weighted by Crippen LogP contribution is -2.40. The zero-order valence-electron chi connectivity index (χ0n) is 11.7. The fourth-order valence-electron chi connectivity index (χ4n) is 3.59. The van der Waals surface area contributed by atoms with Crippen molar-refractivity contribution in [2.24, 2.45) is 5.92 Å². The zero-order chi connectivity index (χ0) is 13.9. The highest BCUT2D eigenvalue weighted by Gasteiger charge is 2.28. The predicted molar refractivity (Wildman–Crippen MR) is 80.4 cm³/mol. The second kappa shape index (κ2) is 6.42. The SMILES string of the molecule is Fc1cc(Cl)cc(CN2CCC(C3CCCN3)CC2)c1. The Morgan fingerprint density at radius 1 is 1.20 bits per heavy atom. The minimum Gasteiger partial charge on any atom is -0.314 e. The molecule has 1 aromatic rings. The topological polar surface area (TPSA) is 15.3 Å². The van der Waals surface area contributed by atoms with E-state index >= 15 is 0 Å². The predicted octanol–water partition coefficient (Wildman–Crippen LogP) is 3.44. The van der Waals surface area contributed by atoms with Gasteiger partial charge in [-0.2, -0.15) is 0 Å². The summed E-state index contributed by atoms with van der Waals surface area (Å²) in [6.07, 6.45) is 5.16. The summed E-state index contributed by atoms with van der Waals surface area (Å²) in [5, 5.41) is 4.11. The van der Waals surface area contributed by atoms with Crippen molar-refractivity contribution in [3.05, 3.63) is 34.6 Å². The molecule has 0 aromatic heterocycles. The first kappa shape index (κ1) is 14.3. The Labute approximate surface area is 125 Å². The monoisotopic (exact) mass is 296 g/mol. The number of hydrogen-bond donors (Lipinski definition) is 1. The first-order chi connectivity index (χ1) is 9.70. The molecule has 0 saturated carbocycles. The first-order valence-corrected chi connectivity index (χ1v) is 7.99. The van der Waals surface area contributed by atoms with Gasteiger partial charge in [-0.05, 0) is 75.0 Å². The lowest BCUT2D eigenvalue weighted by atomic mass is 9.88. The lowest BCUT2D eigenvalue weighted by Gasteiger charge is -2.35. The zero-order valence-corrected chi connectivity index (χ0v) is 12.5. The van der Waals surface area contributed by atoms with Gasteiger partial charge >= 0.3 is 0 Å². The van der Waals surface area contributed by atoms with Crippen LogP contribution in [0.15, 0.2) is 18.2 Å². The van der Waals surface area contributed by atoms with E-state index in [9.17, 15) is 4.39 Å². The smallest absolute Gasteiger partial charge is 0.125 e. The van der Waals surface area contributed by atoms with E-state index in [1.54, 1.807) is 6.07 Å². The molecule has 2 aliphatic heterocycles. The van der Waals surface area contributed by atoms with Crippen molar-refractivity contribution >= 4 is 11.6 Å². The Bertz CT molecular complexity index is 432. The van der Waals surface area contributed by atoms with Gasteiger partial charge in [0.25, 0.3) is 0 Å².